The van der Waals surface area contributed by atoms with Gasteiger partial charge in [0.15, 0.2) is 0 Å². The van der Waals surface area contributed by atoms with Gasteiger partial charge < -0.3 is 5.73 Å². The smallest absolute Gasteiger partial charge is 0.141 e. The van der Waals surface area contributed by atoms with Crippen LogP contribution in [0.1, 0.15) is 11.3 Å². The molecule has 1 aromatic carbocycles. The number of halogens is 3. The molecular formula is C11H10BrCl2N3. The molecule has 3 nitrogen and oxygen atoms in total. The van der Waals surface area contributed by atoms with Crippen LogP contribution in [0.2, 0.25) is 10.0 Å². The van der Waals surface area contributed by atoms with E-state index >= 15 is 0 Å². The zero-order valence-electron chi connectivity index (χ0n) is 9.04. The zero-order chi connectivity index (χ0) is 12.6. The highest BCUT2D eigenvalue weighted by atomic mass is 79.9. The third kappa shape index (κ3) is 2.59. The van der Waals surface area contributed by atoms with E-state index in [2.05, 4.69) is 21.0 Å². The van der Waals surface area contributed by atoms with Crippen molar-refractivity contribution >= 4 is 44.9 Å². The van der Waals surface area contributed by atoms with E-state index in [0.717, 1.165) is 15.7 Å². The summed E-state index contributed by atoms with van der Waals surface area (Å²) >= 11 is 15.4. The second-order valence-corrected chi connectivity index (χ2v) is 5.35. The molecule has 2 N–H and O–H groups in total. The van der Waals surface area contributed by atoms with Crippen LogP contribution in [-0.4, -0.2) is 9.78 Å². The topological polar surface area (TPSA) is 43.8 Å². The van der Waals surface area contributed by atoms with Gasteiger partial charge in [0.2, 0.25) is 0 Å². The van der Waals surface area contributed by atoms with Gasteiger partial charge in [-0.25, -0.2) is 4.68 Å². The molecule has 0 saturated carbocycles. The van der Waals surface area contributed by atoms with Gasteiger partial charge in [0, 0.05) is 9.50 Å². The van der Waals surface area contributed by atoms with Crippen molar-refractivity contribution in [3.8, 4) is 0 Å². The summed E-state index contributed by atoms with van der Waals surface area (Å²) in [6, 6.07) is 5.58. The van der Waals surface area contributed by atoms with E-state index in [4.69, 9.17) is 28.9 Å². The molecule has 90 valence electrons. The first-order valence-corrected chi connectivity index (χ1v) is 6.46. The maximum absolute atomic E-state index is 5.99. The molecule has 1 heterocycles. The van der Waals surface area contributed by atoms with Crippen molar-refractivity contribution in [3.63, 3.8) is 0 Å². The van der Waals surface area contributed by atoms with Crippen LogP contribution in [0.3, 0.4) is 0 Å². The quantitative estimate of drug-likeness (QED) is 0.905. The zero-order valence-corrected chi connectivity index (χ0v) is 12.1. The number of nitrogens with zero attached hydrogens (tertiary/aromatic N) is 2. The van der Waals surface area contributed by atoms with Crippen LogP contribution in [0.15, 0.2) is 22.7 Å². The third-order valence-electron chi connectivity index (χ3n) is 2.42. The monoisotopic (exact) mass is 333 g/mol. The fourth-order valence-corrected chi connectivity index (χ4v) is 2.23. The molecule has 0 aliphatic heterocycles. The Morgan fingerprint density at radius 1 is 1.41 bits per heavy atom. The highest BCUT2D eigenvalue weighted by molar-refractivity contribution is 9.10. The Hall–Kier alpha value is -0.710. The Morgan fingerprint density at radius 2 is 2.12 bits per heavy atom. The van der Waals surface area contributed by atoms with Crippen molar-refractivity contribution in [1.29, 1.82) is 0 Å². The number of aromatic nitrogens is 2. The molecular weight excluding hydrogens is 325 g/mol. The number of benzene rings is 1. The first-order valence-electron chi connectivity index (χ1n) is 4.91. The Labute approximate surface area is 118 Å². The van der Waals surface area contributed by atoms with Crippen LogP contribution < -0.4 is 5.73 Å². The van der Waals surface area contributed by atoms with Crippen LogP contribution in [0.25, 0.3) is 0 Å². The van der Waals surface area contributed by atoms with Gasteiger partial charge in [-0.05, 0) is 30.7 Å². The van der Waals surface area contributed by atoms with Crippen molar-refractivity contribution in [3.05, 3.63) is 44.0 Å². The maximum Gasteiger partial charge on any atom is 0.141 e. The summed E-state index contributed by atoms with van der Waals surface area (Å²) in [4.78, 5) is 0. The Morgan fingerprint density at radius 3 is 2.71 bits per heavy atom. The van der Waals surface area contributed by atoms with Crippen molar-refractivity contribution in [2.75, 3.05) is 5.73 Å². The second kappa shape index (κ2) is 4.88. The van der Waals surface area contributed by atoms with Gasteiger partial charge >= 0.3 is 0 Å². The number of anilines is 1. The van der Waals surface area contributed by atoms with Gasteiger partial charge in [-0.2, -0.15) is 5.10 Å². The summed E-state index contributed by atoms with van der Waals surface area (Å²) < 4.78 is 2.62. The average Bonchev–Trinajstić information content (AvgIpc) is 2.52. The van der Waals surface area contributed by atoms with Gasteiger partial charge in [0.25, 0.3) is 0 Å². The Balaban J connectivity index is 2.37. The number of nitrogen functional groups attached to an aromatic ring is 1. The molecule has 0 saturated heterocycles. The highest BCUT2D eigenvalue weighted by Crippen LogP contribution is 2.26. The molecule has 0 aliphatic rings. The fraction of sp³-hybridized carbons (Fsp3) is 0.182. The Kier molecular flexibility index (Phi) is 3.66. The molecule has 1 aromatic heterocycles. The largest absolute Gasteiger partial charge is 0.383 e. The van der Waals surface area contributed by atoms with Gasteiger partial charge in [-0.1, -0.05) is 39.1 Å². The van der Waals surface area contributed by atoms with Crippen molar-refractivity contribution in [2.45, 2.75) is 13.5 Å². The molecule has 0 radical (unpaired) electrons. The number of aryl methyl sites for hydroxylation is 1. The van der Waals surface area contributed by atoms with E-state index in [9.17, 15) is 0 Å². The van der Waals surface area contributed by atoms with Crippen LogP contribution in [-0.2, 0) is 6.54 Å². The molecule has 0 amide bonds. The lowest BCUT2D eigenvalue weighted by Crippen LogP contribution is -2.06. The lowest BCUT2D eigenvalue weighted by Gasteiger charge is -2.07. The molecule has 0 bridgehead atoms. The summed E-state index contributed by atoms with van der Waals surface area (Å²) in [7, 11) is 0. The number of rotatable bonds is 2. The van der Waals surface area contributed by atoms with E-state index < -0.39 is 0 Å². The number of hydrogen-bond acceptors (Lipinski definition) is 2. The standard InChI is InChI=1S/C11H10BrCl2N3/c1-6-10(14)11(15)17(16-6)5-7-4-8(13)2-3-9(7)12/h2-4H,5,15H2,1H3. The SMILES string of the molecule is Cc1nn(Cc2cc(Cl)ccc2Br)c(N)c1Cl. The van der Waals surface area contributed by atoms with Crippen LogP contribution in [0.5, 0.6) is 0 Å². The first kappa shape index (κ1) is 12.7. The van der Waals surface area contributed by atoms with Gasteiger partial charge in [-0.3, -0.25) is 0 Å². The van der Waals surface area contributed by atoms with Gasteiger partial charge in [0.05, 0.1) is 12.2 Å². The summed E-state index contributed by atoms with van der Waals surface area (Å²) in [5, 5.41) is 5.45. The predicted octanol–water partition coefficient (Wildman–Crippen LogP) is 3.89. The minimum Gasteiger partial charge on any atom is -0.383 e. The number of nitrogens with two attached hydrogens (primary N) is 1. The van der Waals surface area contributed by atoms with E-state index in [1.54, 1.807) is 4.68 Å². The maximum atomic E-state index is 5.99. The van der Waals surface area contributed by atoms with Gasteiger partial charge in [-0.15, -0.1) is 0 Å². The van der Waals surface area contributed by atoms with Crippen LogP contribution in [0.4, 0.5) is 5.82 Å². The molecule has 0 aliphatic carbocycles. The molecule has 0 atom stereocenters. The van der Waals surface area contributed by atoms with Crippen molar-refractivity contribution in [1.82, 2.24) is 9.78 Å². The van der Waals surface area contributed by atoms with Gasteiger partial charge in [0.1, 0.15) is 10.8 Å². The van der Waals surface area contributed by atoms with E-state index in [-0.39, 0.29) is 0 Å². The van der Waals surface area contributed by atoms with Crippen molar-refractivity contribution in [2.24, 2.45) is 0 Å². The fourth-order valence-electron chi connectivity index (χ4n) is 1.52. The lowest BCUT2D eigenvalue weighted by atomic mass is 10.2. The van der Waals surface area contributed by atoms with E-state index in [0.29, 0.717) is 22.4 Å². The minimum absolute atomic E-state index is 0.469. The molecule has 0 spiro atoms. The summed E-state index contributed by atoms with van der Waals surface area (Å²) in [5.41, 5.74) is 7.59. The first-order chi connectivity index (χ1) is 7.99. The summed E-state index contributed by atoms with van der Waals surface area (Å²) in [5.74, 6) is 0.469. The molecule has 2 aromatic rings. The molecule has 6 heteroatoms. The predicted molar refractivity (Wildman–Crippen MR) is 74.6 cm³/mol. The average molecular weight is 335 g/mol. The third-order valence-corrected chi connectivity index (χ3v) is 3.90. The van der Waals surface area contributed by atoms with Crippen LogP contribution >= 0.6 is 39.1 Å². The molecule has 2 rings (SSSR count). The molecule has 17 heavy (non-hydrogen) atoms. The Bertz CT molecular complexity index is 566. The van der Waals surface area contributed by atoms with Crippen LogP contribution in [0, 0.1) is 6.92 Å². The molecule has 0 unspecified atom stereocenters. The second-order valence-electron chi connectivity index (χ2n) is 3.68. The summed E-state index contributed by atoms with van der Waals surface area (Å²) in [6.45, 7) is 2.35. The summed E-state index contributed by atoms with van der Waals surface area (Å²) in [6.07, 6.45) is 0. The number of hydrogen-bond donors (Lipinski definition) is 1. The minimum atomic E-state index is 0.469. The molecule has 0 fully saturated rings. The highest BCUT2D eigenvalue weighted by Gasteiger charge is 2.11. The van der Waals surface area contributed by atoms with Crippen molar-refractivity contribution < 1.29 is 0 Å². The van der Waals surface area contributed by atoms with E-state index in [1.807, 2.05) is 25.1 Å². The normalized spacial score (nSPS) is 10.8. The lowest BCUT2D eigenvalue weighted by molar-refractivity contribution is 0.687. The van der Waals surface area contributed by atoms with E-state index in [1.165, 1.54) is 0 Å².